The highest BCUT2D eigenvalue weighted by molar-refractivity contribution is 8.00. The van der Waals surface area contributed by atoms with Gasteiger partial charge in [0.05, 0.1) is 0 Å². The highest BCUT2D eigenvalue weighted by Gasteiger charge is 2.26. The molecular weight excluding hydrogens is 436 g/mol. The van der Waals surface area contributed by atoms with Crippen LogP contribution >= 0.6 is 11.8 Å². The van der Waals surface area contributed by atoms with Gasteiger partial charge in [0.15, 0.2) is 11.6 Å². The quantitative estimate of drug-likeness (QED) is 0.315. The van der Waals surface area contributed by atoms with E-state index in [1.165, 1.54) is 22.0 Å². The number of nitrogens with two attached hydrogens (primary N) is 1. The first-order chi connectivity index (χ1) is 15.7. The molecule has 0 fully saturated rings. The summed E-state index contributed by atoms with van der Waals surface area (Å²) in [5, 5.41) is 15.0. The van der Waals surface area contributed by atoms with E-state index in [4.69, 9.17) is 10.4 Å². The molecule has 1 amide bonds. The van der Waals surface area contributed by atoms with Crippen LogP contribution in [-0.4, -0.2) is 25.9 Å². The number of hydrogen-bond donors (Lipinski definition) is 2. The second-order valence-electron chi connectivity index (χ2n) is 8.72. The fourth-order valence-electron chi connectivity index (χ4n) is 3.30. The summed E-state index contributed by atoms with van der Waals surface area (Å²) in [5.74, 6) is 7.58. The fraction of sp³-hybridized carbons (Fsp3) is 0.250. The number of nitrogens with one attached hydrogen (secondary N) is 1. The lowest BCUT2D eigenvalue weighted by Crippen LogP contribution is -2.20. The number of thioether (sulfide) groups is 1. The molecule has 0 saturated carbocycles. The molecule has 9 heteroatoms. The zero-order valence-electron chi connectivity index (χ0n) is 18.9. The van der Waals surface area contributed by atoms with Crippen LogP contribution in [-0.2, 0) is 10.2 Å². The number of carbonyl (C=O) groups excluding carboxylic acids is 1. The first-order valence-corrected chi connectivity index (χ1v) is 11.4. The predicted molar refractivity (Wildman–Crippen MR) is 129 cm³/mol. The summed E-state index contributed by atoms with van der Waals surface area (Å²) < 4.78 is 6.47. The largest absolute Gasteiger partial charge is 0.360 e. The molecular formula is C24H26N6O2S. The van der Waals surface area contributed by atoms with Crippen LogP contribution in [0.15, 0.2) is 70.3 Å². The average Bonchev–Trinajstić information content (AvgIpc) is 3.36. The Hall–Kier alpha value is -3.59. The number of hydrogen-bond acceptors (Lipinski definition) is 7. The molecule has 3 N–H and O–H groups in total. The number of nitrogens with zero attached hydrogens (tertiary/aromatic N) is 4. The maximum Gasteiger partial charge on any atom is 0.243 e. The van der Waals surface area contributed by atoms with E-state index in [1.807, 2.05) is 42.5 Å². The Labute approximate surface area is 196 Å². The van der Waals surface area contributed by atoms with E-state index in [2.05, 4.69) is 53.6 Å². The fourth-order valence-corrected chi connectivity index (χ4v) is 4.25. The van der Waals surface area contributed by atoms with Gasteiger partial charge in [-0.15, -0.1) is 10.2 Å². The minimum Gasteiger partial charge on any atom is -0.360 e. The summed E-state index contributed by atoms with van der Waals surface area (Å²) in [5.41, 5.74) is 2.92. The van der Waals surface area contributed by atoms with Crippen molar-refractivity contribution >= 4 is 23.5 Å². The summed E-state index contributed by atoms with van der Waals surface area (Å²) in [6.45, 7) is 8.25. The lowest BCUT2D eigenvalue weighted by atomic mass is 9.87. The van der Waals surface area contributed by atoms with Gasteiger partial charge in [-0.2, -0.15) is 0 Å². The van der Waals surface area contributed by atoms with Crippen molar-refractivity contribution < 1.29 is 9.32 Å². The van der Waals surface area contributed by atoms with E-state index >= 15 is 0 Å². The van der Waals surface area contributed by atoms with Gasteiger partial charge >= 0.3 is 0 Å². The molecule has 2 aromatic heterocycles. The number of amides is 1. The van der Waals surface area contributed by atoms with Gasteiger partial charge in [-0.3, -0.25) is 4.79 Å². The van der Waals surface area contributed by atoms with Crippen molar-refractivity contribution in [2.24, 2.45) is 0 Å². The highest BCUT2D eigenvalue weighted by atomic mass is 32.2. The number of nitrogen functional groups attached to an aromatic ring is 1. The van der Waals surface area contributed by atoms with Gasteiger partial charge in [0.1, 0.15) is 11.0 Å². The Bertz CT molecular complexity index is 1240. The summed E-state index contributed by atoms with van der Waals surface area (Å²) in [4.78, 5) is 13.1. The average molecular weight is 463 g/mol. The van der Waals surface area contributed by atoms with Crippen molar-refractivity contribution in [3.63, 3.8) is 0 Å². The number of benzene rings is 2. The SMILES string of the molecule is Cc1cc(NC(=O)C(Sc2nnc(-c3ccc(C(C)(C)C)cc3)n2N)c2ccccc2)no1. The molecule has 1 atom stereocenters. The molecule has 4 aromatic rings. The minimum atomic E-state index is -0.620. The van der Waals surface area contributed by atoms with Gasteiger partial charge in [0.25, 0.3) is 0 Å². The number of rotatable bonds is 6. The smallest absolute Gasteiger partial charge is 0.243 e. The first kappa shape index (κ1) is 22.6. The van der Waals surface area contributed by atoms with Crippen LogP contribution in [0.25, 0.3) is 11.4 Å². The van der Waals surface area contributed by atoms with E-state index in [0.29, 0.717) is 22.6 Å². The van der Waals surface area contributed by atoms with E-state index < -0.39 is 5.25 Å². The Balaban J connectivity index is 1.60. The maximum absolute atomic E-state index is 13.1. The van der Waals surface area contributed by atoms with E-state index in [1.54, 1.807) is 13.0 Å². The first-order valence-electron chi connectivity index (χ1n) is 10.5. The zero-order chi connectivity index (χ0) is 23.6. The lowest BCUT2D eigenvalue weighted by Gasteiger charge is -2.19. The highest BCUT2D eigenvalue weighted by Crippen LogP contribution is 2.36. The molecule has 0 saturated heterocycles. The maximum atomic E-state index is 13.1. The molecule has 33 heavy (non-hydrogen) atoms. The number of aryl methyl sites for hydroxylation is 1. The predicted octanol–water partition coefficient (Wildman–Crippen LogP) is 4.72. The molecule has 0 bridgehead atoms. The third-order valence-corrected chi connectivity index (χ3v) is 6.33. The van der Waals surface area contributed by atoms with Crippen LogP contribution in [0.5, 0.6) is 0 Å². The second kappa shape index (κ2) is 9.11. The molecule has 2 heterocycles. The number of aromatic nitrogens is 4. The normalized spacial score (nSPS) is 12.5. The zero-order valence-corrected chi connectivity index (χ0v) is 19.8. The molecule has 8 nitrogen and oxygen atoms in total. The van der Waals surface area contributed by atoms with E-state index in [9.17, 15) is 4.79 Å². The molecule has 0 aliphatic heterocycles. The van der Waals surface area contributed by atoms with Gasteiger partial charge < -0.3 is 15.7 Å². The summed E-state index contributed by atoms with van der Waals surface area (Å²) in [7, 11) is 0. The third kappa shape index (κ3) is 5.09. The molecule has 0 aliphatic rings. The topological polar surface area (TPSA) is 112 Å². The summed E-state index contributed by atoms with van der Waals surface area (Å²) in [6.07, 6.45) is 0. The van der Waals surface area contributed by atoms with Crippen LogP contribution in [0.1, 0.15) is 42.9 Å². The molecule has 4 rings (SSSR count). The lowest BCUT2D eigenvalue weighted by molar-refractivity contribution is -0.115. The Morgan fingerprint density at radius 2 is 1.79 bits per heavy atom. The van der Waals surface area contributed by atoms with Crippen LogP contribution in [0.4, 0.5) is 5.82 Å². The molecule has 1 unspecified atom stereocenters. The summed E-state index contributed by atoms with van der Waals surface area (Å²) in [6, 6.07) is 19.2. The number of anilines is 1. The minimum absolute atomic E-state index is 0.0502. The number of carbonyl (C=O) groups is 1. The second-order valence-corrected chi connectivity index (χ2v) is 9.80. The van der Waals surface area contributed by atoms with Crippen molar-refractivity contribution in [3.8, 4) is 11.4 Å². The van der Waals surface area contributed by atoms with Crippen LogP contribution in [0.2, 0.25) is 0 Å². The molecule has 2 aromatic carbocycles. The van der Waals surface area contributed by atoms with Gasteiger partial charge in [-0.25, -0.2) is 4.68 Å². The third-order valence-electron chi connectivity index (χ3n) is 5.12. The Kier molecular flexibility index (Phi) is 6.24. The van der Waals surface area contributed by atoms with Crippen LogP contribution in [0.3, 0.4) is 0 Å². The van der Waals surface area contributed by atoms with Crippen molar-refractivity contribution in [3.05, 3.63) is 77.6 Å². The summed E-state index contributed by atoms with van der Waals surface area (Å²) >= 11 is 1.22. The van der Waals surface area contributed by atoms with Crippen molar-refractivity contribution in [1.82, 2.24) is 20.0 Å². The van der Waals surface area contributed by atoms with Gasteiger partial charge in [0, 0.05) is 11.6 Å². The molecule has 0 aliphatic carbocycles. The molecule has 0 spiro atoms. The Morgan fingerprint density at radius 1 is 1.09 bits per heavy atom. The van der Waals surface area contributed by atoms with Gasteiger partial charge in [-0.1, -0.05) is 92.3 Å². The van der Waals surface area contributed by atoms with Crippen LogP contribution in [0, 0.1) is 6.92 Å². The monoisotopic (exact) mass is 462 g/mol. The van der Waals surface area contributed by atoms with Crippen LogP contribution < -0.4 is 11.2 Å². The van der Waals surface area contributed by atoms with Gasteiger partial charge in [-0.05, 0) is 23.5 Å². The van der Waals surface area contributed by atoms with Gasteiger partial charge in [0.2, 0.25) is 11.1 Å². The van der Waals surface area contributed by atoms with Crippen molar-refractivity contribution in [1.29, 1.82) is 0 Å². The Morgan fingerprint density at radius 3 is 2.39 bits per heavy atom. The standard InChI is InChI=1S/C24H26N6O2S/c1-15-14-19(29-32-15)26-22(31)20(16-8-6-5-7-9-16)33-23-28-27-21(30(23)25)17-10-12-18(13-11-17)24(2,3)4/h5-14,20H,25H2,1-4H3,(H,26,29,31). The van der Waals surface area contributed by atoms with Crippen molar-refractivity contribution in [2.75, 3.05) is 11.2 Å². The molecule has 0 radical (unpaired) electrons. The van der Waals surface area contributed by atoms with E-state index in [0.717, 1.165) is 11.1 Å². The van der Waals surface area contributed by atoms with Crippen molar-refractivity contribution in [2.45, 2.75) is 43.5 Å². The van der Waals surface area contributed by atoms with E-state index in [-0.39, 0.29) is 11.3 Å². The molecule has 170 valence electrons.